The number of benzene rings is 2. The molecule has 0 spiro atoms. The summed E-state index contributed by atoms with van der Waals surface area (Å²) < 4.78 is 8.38. The summed E-state index contributed by atoms with van der Waals surface area (Å²) in [4.78, 5) is 26.1. The molecule has 1 fully saturated rings. The third-order valence-electron chi connectivity index (χ3n) is 4.80. The van der Waals surface area contributed by atoms with E-state index in [0.717, 1.165) is 5.56 Å². The number of halogens is 2. The average molecular weight is 447 g/mol. The lowest BCUT2D eigenvalue weighted by molar-refractivity contribution is 0.0126. The van der Waals surface area contributed by atoms with Gasteiger partial charge in [0.25, 0.3) is 11.5 Å². The SMILES string of the molecule is O=C(NN1CCOCC1)c1cn(Cc2ccccc2)n(-c2ccc(Cl)cc2Cl)c1=O. The minimum atomic E-state index is -0.465. The number of hydrogen-bond donors (Lipinski definition) is 1. The molecule has 9 heteroatoms. The molecule has 4 rings (SSSR count). The molecule has 1 aliphatic rings. The normalized spacial score (nSPS) is 14.6. The molecule has 1 amide bonds. The molecule has 1 aliphatic heterocycles. The van der Waals surface area contributed by atoms with Gasteiger partial charge in [-0.15, -0.1) is 0 Å². The van der Waals surface area contributed by atoms with Crippen LogP contribution in [0.4, 0.5) is 0 Å². The average Bonchev–Trinajstić information content (AvgIpc) is 3.05. The van der Waals surface area contributed by atoms with Crippen LogP contribution in [0.5, 0.6) is 0 Å². The molecule has 0 aliphatic carbocycles. The number of aromatic nitrogens is 2. The van der Waals surface area contributed by atoms with E-state index in [2.05, 4.69) is 5.43 Å². The quantitative estimate of drug-likeness (QED) is 0.653. The third-order valence-corrected chi connectivity index (χ3v) is 5.34. The maximum Gasteiger partial charge on any atom is 0.284 e. The van der Waals surface area contributed by atoms with E-state index >= 15 is 0 Å². The van der Waals surface area contributed by atoms with Gasteiger partial charge in [-0.25, -0.2) is 9.69 Å². The summed E-state index contributed by atoms with van der Waals surface area (Å²) in [5, 5.41) is 2.53. The standard InChI is InChI=1S/C21H20Cl2N4O3/c22-16-6-7-19(18(23)12-16)27-21(29)17(20(28)24-25-8-10-30-11-9-25)14-26(27)13-15-4-2-1-3-5-15/h1-7,12,14H,8-11,13H2,(H,24,28). The van der Waals surface area contributed by atoms with Crippen molar-refractivity contribution in [1.82, 2.24) is 19.8 Å². The predicted octanol–water partition coefficient (Wildman–Crippen LogP) is 2.97. The number of carbonyl (C=O) groups excluding carboxylic acids is 1. The van der Waals surface area contributed by atoms with Gasteiger partial charge in [0.15, 0.2) is 0 Å². The lowest BCUT2D eigenvalue weighted by Crippen LogP contribution is -2.49. The van der Waals surface area contributed by atoms with Gasteiger partial charge in [-0.05, 0) is 23.8 Å². The summed E-state index contributed by atoms with van der Waals surface area (Å²) in [5.74, 6) is -0.465. The zero-order valence-electron chi connectivity index (χ0n) is 16.1. The first-order chi connectivity index (χ1) is 14.5. The van der Waals surface area contributed by atoms with Crippen LogP contribution in [0.3, 0.4) is 0 Å². The molecular weight excluding hydrogens is 427 g/mol. The highest BCUT2D eigenvalue weighted by Crippen LogP contribution is 2.24. The van der Waals surface area contributed by atoms with E-state index in [1.807, 2.05) is 30.3 Å². The van der Waals surface area contributed by atoms with Crippen molar-refractivity contribution in [2.45, 2.75) is 6.54 Å². The van der Waals surface area contributed by atoms with Crippen LogP contribution < -0.4 is 11.0 Å². The second kappa shape index (κ2) is 9.06. The van der Waals surface area contributed by atoms with Gasteiger partial charge in [0, 0.05) is 24.3 Å². The fraction of sp³-hybridized carbons (Fsp3) is 0.238. The number of hydrazine groups is 1. The number of ether oxygens (including phenoxy) is 1. The number of morpholine rings is 1. The number of carbonyl (C=O) groups is 1. The lowest BCUT2D eigenvalue weighted by Gasteiger charge is -2.26. The Bertz CT molecular complexity index is 1110. The largest absolute Gasteiger partial charge is 0.379 e. The Morgan fingerprint density at radius 1 is 1.07 bits per heavy atom. The molecule has 0 unspecified atom stereocenters. The van der Waals surface area contributed by atoms with Crippen molar-refractivity contribution in [3.8, 4) is 5.69 Å². The van der Waals surface area contributed by atoms with Crippen LogP contribution in [-0.4, -0.2) is 46.6 Å². The van der Waals surface area contributed by atoms with E-state index in [-0.39, 0.29) is 5.56 Å². The lowest BCUT2D eigenvalue weighted by atomic mass is 10.2. The molecule has 0 bridgehead atoms. The Kier molecular flexibility index (Phi) is 6.24. The summed E-state index contributed by atoms with van der Waals surface area (Å²) >= 11 is 12.4. The maximum absolute atomic E-state index is 13.2. The Morgan fingerprint density at radius 3 is 2.50 bits per heavy atom. The summed E-state index contributed by atoms with van der Waals surface area (Å²) in [7, 11) is 0. The van der Waals surface area contributed by atoms with Gasteiger partial charge in [-0.2, -0.15) is 0 Å². The third kappa shape index (κ3) is 4.44. The molecular formula is C21H20Cl2N4O3. The van der Waals surface area contributed by atoms with Gasteiger partial charge in [0.2, 0.25) is 0 Å². The molecule has 156 valence electrons. The molecule has 1 saturated heterocycles. The van der Waals surface area contributed by atoms with Crippen LogP contribution >= 0.6 is 23.2 Å². The van der Waals surface area contributed by atoms with E-state index in [9.17, 15) is 9.59 Å². The second-order valence-corrected chi connectivity index (χ2v) is 7.72. The van der Waals surface area contributed by atoms with Crippen molar-refractivity contribution in [1.29, 1.82) is 0 Å². The van der Waals surface area contributed by atoms with Gasteiger partial charge >= 0.3 is 0 Å². The Labute approximate surface area is 183 Å². The molecule has 0 radical (unpaired) electrons. The van der Waals surface area contributed by atoms with Crippen molar-refractivity contribution in [2.24, 2.45) is 0 Å². The Hall–Kier alpha value is -2.58. The van der Waals surface area contributed by atoms with Crippen LogP contribution in [0, 0.1) is 0 Å². The van der Waals surface area contributed by atoms with E-state index in [4.69, 9.17) is 27.9 Å². The number of rotatable bonds is 5. The van der Waals surface area contributed by atoms with Gasteiger partial charge in [-0.3, -0.25) is 19.7 Å². The smallest absolute Gasteiger partial charge is 0.284 e. The van der Waals surface area contributed by atoms with Crippen LogP contribution in [0.25, 0.3) is 5.69 Å². The highest BCUT2D eigenvalue weighted by molar-refractivity contribution is 6.35. The van der Waals surface area contributed by atoms with Crippen molar-refractivity contribution < 1.29 is 9.53 Å². The van der Waals surface area contributed by atoms with Crippen molar-refractivity contribution in [3.63, 3.8) is 0 Å². The number of nitrogens with zero attached hydrogens (tertiary/aromatic N) is 3. The first-order valence-corrected chi connectivity index (χ1v) is 10.2. The van der Waals surface area contributed by atoms with Gasteiger partial charge in [0.1, 0.15) is 5.56 Å². The van der Waals surface area contributed by atoms with Crippen molar-refractivity contribution in [3.05, 3.63) is 86.3 Å². The topological polar surface area (TPSA) is 68.5 Å². The van der Waals surface area contributed by atoms with Crippen LogP contribution in [0.15, 0.2) is 59.5 Å². The zero-order chi connectivity index (χ0) is 21.1. The number of amides is 1. The minimum Gasteiger partial charge on any atom is -0.379 e. The number of nitrogens with one attached hydrogen (secondary N) is 1. The summed E-state index contributed by atoms with van der Waals surface area (Å²) in [6, 6.07) is 14.5. The Morgan fingerprint density at radius 2 is 1.80 bits per heavy atom. The molecule has 1 N–H and O–H groups in total. The highest BCUT2D eigenvalue weighted by Gasteiger charge is 2.22. The van der Waals surface area contributed by atoms with E-state index in [0.29, 0.717) is 48.6 Å². The van der Waals surface area contributed by atoms with Crippen molar-refractivity contribution >= 4 is 29.1 Å². The summed E-state index contributed by atoms with van der Waals surface area (Å²) in [6.07, 6.45) is 1.55. The van der Waals surface area contributed by atoms with Gasteiger partial charge < -0.3 is 4.74 Å². The molecule has 2 heterocycles. The van der Waals surface area contributed by atoms with E-state index < -0.39 is 11.5 Å². The minimum absolute atomic E-state index is 0.0310. The summed E-state index contributed by atoms with van der Waals surface area (Å²) in [6.45, 7) is 2.57. The second-order valence-electron chi connectivity index (χ2n) is 6.88. The fourth-order valence-corrected chi connectivity index (χ4v) is 3.80. The highest BCUT2D eigenvalue weighted by atomic mass is 35.5. The van der Waals surface area contributed by atoms with Crippen molar-refractivity contribution in [2.75, 3.05) is 26.3 Å². The predicted molar refractivity (Wildman–Crippen MR) is 115 cm³/mol. The molecule has 30 heavy (non-hydrogen) atoms. The van der Waals surface area contributed by atoms with Gasteiger partial charge in [-0.1, -0.05) is 53.5 Å². The van der Waals surface area contributed by atoms with E-state index in [1.54, 1.807) is 34.1 Å². The molecule has 2 aromatic carbocycles. The fourth-order valence-electron chi connectivity index (χ4n) is 3.32. The molecule has 0 atom stereocenters. The molecule has 0 saturated carbocycles. The zero-order valence-corrected chi connectivity index (χ0v) is 17.6. The number of hydrogen-bond acceptors (Lipinski definition) is 4. The Balaban J connectivity index is 1.74. The monoisotopic (exact) mass is 446 g/mol. The van der Waals surface area contributed by atoms with Crippen LogP contribution in [0.1, 0.15) is 15.9 Å². The summed E-state index contributed by atoms with van der Waals surface area (Å²) in [5.41, 5.74) is 3.79. The van der Waals surface area contributed by atoms with Gasteiger partial charge in [0.05, 0.1) is 30.5 Å². The maximum atomic E-state index is 13.2. The molecule has 1 aromatic heterocycles. The molecule has 3 aromatic rings. The van der Waals surface area contributed by atoms with Crippen LogP contribution in [-0.2, 0) is 11.3 Å². The van der Waals surface area contributed by atoms with Crippen LogP contribution in [0.2, 0.25) is 10.0 Å². The first kappa shape index (κ1) is 20.7. The van der Waals surface area contributed by atoms with E-state index in [1.165, 1.54) is 4.68 Å². The molecule has 7 nitrogen and oxygen atoms in total. The first-order valence-electron chi connectivity index (χ1n) is 9.48.